The second-order valence-electron chi connectivity index (χ2n) is 8.79. The number of thioether (sulfide) groups is 1. The maximum Gasteiger partial charge on any atom is 0.321 e. The number of benzene rings is 1. The highest BCUT2D eigenvalue weighted by Gasteiger charge is 2.51. The van der Waals surface area contributed by atoms with Crippen molar-refractivity contribution in [2.75, 3.05) is 19.0 Å². The summed E-state index contributed by atoms with van der Waals surface area (Å²) in [4.78, 5) is 25.6. The molecule has 4 saturated carbocycles. The zero-order valence-electron chi connectivity index (χ0n) is 15.9. The summed E-state index contributed by atoms with van der Waals surface area (Å²) >= 11 is 1.39. The average molecular weight is 403 g/mol. The van der Waals surface area contributed by atoms with Crippen LogP contribution in [-0.4, -0.2) is 36.4 Å². The Morgan fingerprint density at radius 1 is 1.00 bits per heavy atom. The molecule has 150 valence electrons. The van der Waals surface area contributed by atoms with E-state index in [1.807, 2.05) is 18.2 Å². The highest BCUT2D eigenvalue weighted by Crippen LogP contribution is 2.55. The molecule has 1 aromatic rings. The molecule has 3 amide bonds. The van der Waals surface area contributed by atoms with E-state index in [1.54, 1.807) is 0 Å². The van der Waals surface area contributed by atoms with Gasteiger partial charge in [0.15, 0.2) is 11.5 Å². The first-order valence-corrected chi connectivity index (χ1v) is 11.2. The van der Waals surface area contributed by atoms with Crippen LogP contribution in [-0.2, 0) is 4.79 Å². The summed E-state index contributed by atoms with van der Waals surface area (Å²) in [5, 5.41) is 5.70. The highest BCUT2D eigenvalue weighted by molar-refractivity contribution is 8.00. The van der Waals surface area contributed by atoms with Crippen LogP contribution in [0.2, 0.25) is 0 Å². The number of rotatable bonds is 4. The first kappa shape index (κ1) is 18.2. The van der Waals surface area contributed by atoms with E-state index in [2.05, 4.69) is 10.6 Å². The Bertz CT molecular complexity index is 761. The zero-order chi connectivity index (χ0) is 19.1. The molecule has 28 heavy (non-hydrogen) atoms. The van der Waals surface area contributed by atoms with Crippen LogP contribution in [0.25, 0.3) is 0 Å². The SMILES string of the molecule is O=C(CSc1ccc2c(c1)OCCO2)NC(=O)NC12CC3CC(CC(C3)C1)C2. The van der Waals surface area contributed by atoms with Crippen molar-refractivity contribution in [3.8, 4) is 11.5 Å². The van der Waals surface area contributed by atoms with E-state index < -0.39 is 0 Å². The lowest BCUT2D eigenvalue weighted by Crippen LogP contribution is -2.61. The van der Waals surface area contributed by atoms with E-state index in [0.717, 1.165) is 47.7 Å². The molecule has 0 aromatic heterocycles. The summed E-state index contributed by atoms with van der Waals surface area (Å²) in [6.07, 6.45) is 7.21. The molecule has 0 unspecified atom stereocenters. The molecule has 0 radical (unpaired) electrons. The van der Waals surface area contributed by atoms with Gasteiger partial charge in [-0.25, -0.2) is 4.79 Å². The van der Waals surface area contributed by atoms with Gasteiger partial charge in [0.25, 0.3) is 0 Å². The normalized spacial score (nSPS) is 32.1. The van der Waals surface area contributed by atoms with Crippen LogP contribution >= 0.6 is 11.8 Å². The lowest BCUT2D eigenvalue weighted by molar-refractivity contribution is -0.117. The Morgan fingerprint density at radius 3 is 2.32 bits per heavy atom. The molecule has 0 spiro atoms. The van der Waals surface area contributed by atoms with Gasteiger partial charge in [-0.1, -0.05) is 0 Å². The third-order valence-corrected chi connectivity index (χ3v) is 7.55. The Hall–Kier alpha value is -1.89. The predicted octanol–water partition coefficient (Wildman–Crippen LogP) is 3.34. The van der Waals surface area contributed by atoms with Gasteiger partial charge in [-0.3, -0.25) is 10.1 Å². The molecule has 7 heteroatoms. The number of imide groups is 1. The maximum absolute atomic E-state index is 12.5. The van der Waals surface area contributed by atoms with Gasteiger partial charge >= 0.3 is 6.03 Å². The number of hydrogen-bond donors (Lipinski definition) is 2. The zero-order valence-corrected chi connectivity index (χ0v) is 16.7. The van der Waals surface area contributed by atoms with Gasteiger partial charge in [-0.05, 0) is 74.5 Å². The smallest absolute Gasteiger partial charge is 0.321 e. The topological polar surface area (TPSA) is 76.7 Å². The predicted molar refractivity (Wildman–Crippen MR) is 106 cm³/mol. The Balaban J connectivity index is 1.13. The van der Waals surface area contributed by atoms with Gasteiger partial charge in [-0.2, -0.15) is 0 Å². The van der Waals surface area contributed by atoms with Crippen molar-refractivity contribution >= 4 is 23.7 Å². The van der Waals surface area contributed by atoms with E-state index >= 15 is 0 Å². The van der Waals surface area contributed by atoms with Crippen molar-refractivity contribution < 1.29 is 19.1 Å². The van der Waals surface area contributed by atoms with Gasteiger partial charge in [0, 0.05) is 10.4 Å². The van der Waals surface area contributed by atoms with Crippen LogP contribution in [0.15, 0.2) is 23.1 Å². The molecule has 6 rings (SSSR count). The summed E-state index contributed by atoms with van der Waals surface area (Å²) in [5.41, 5.74) is -0.0813. The molecule has 1 aromatic carbocycles. The summed E-state index contributed by atoms with van der Waals surface area (Å²) in [7, 11) is 0. The second-order valence-corrected chi connectivity index (χ2v) is 9.84. The molecule has 6 nitrogen and oxygen atoms in total. The van der Waals surface area contributed by atoms with Crippen LogP contribution in [0.4, 0.5) is 4.79 Å². The number of fused-ring (bicyclic) bond motifs is 1. The molecule has 1 heterocycles. The molecule has 2 N–H and O–H groups in total. The lowest BCUT2D eigenvalue weighted by Gasteiger charge is -2.56. The number of carbonyl (C=O) groups is 2. The average Bonchev–Trinajstić information content (AvgIpc) is 2.64. The van der Waals surface area contributed by atoms with Gasteiger partial charge < -0.3 is 14.8 Å². The molecule has 0 atom stereocenters. The fourth-order valence-corrected chi connectivity index (χ4v) is 6.69. The Kier molecular flexibility index (Phi) is 4.65. The maximum atomic E-state index is 12.5. The number of ether oxygens (including phenoxy) is 2. The van der Waals surface area contributed by atoms with Crippen LogP contribution in [0.5, 0.6) is 11.5 Å². The minimum atomic E-state index is -0.338. The van der Waals surface area contributed by atoms with Gasteiger partial charge in [-0.15, -0.1) is 11.8 Å². The highest BCUT2D eigenvalue weighted by atomic mass is 32.2. The molecule has 4 aliphatic carbocycles. The van der Waals surface area contributed by atoms with E-state index in [4.69, 9.17) is 9.47 Å². The van der Waals surface area contributed by atoms with Crippen LogP contribution < -0.4 is 20.1 Å². The van der Waals surface area contributed by atoms with Crippen LogP contribution in [0.3, 0.4) is 0 Å². The van der Waals surface area contributed by atoms with E-state index in [9.17, 15) is 9.59 Å². The van der Waals surface area contributed by atoms with Gasteiger partial charge in [0.05, 0.1) is 5.75 Å². The summed E-state index contributed by atoms with van der Waals surface area (Å²) in [5.74, 6) is 3.62. The number of nitrogens with one attached hydrogen (secondary N) is 2. The molecule has 0 saturated heterocycles. The molecular weight excluding hydrogens is 376 g/mol. The van der Waals surface area contributed by atoms with Crippen LogP contribution in [0, 0.1) is 17.8 Å². The quantitative estimate of drug-likeness (QED) is 0.756. The second kappa shape index (κ2) is 7.17. The monoisotopic (exact) mass is 402 g/mol. The van der Waals surface area contributed by atoms with Crippen molar-refractivity contribution in [3.05, 3.63) is 18.2 Å². The van der Waals surface area contributed by atoms with Gasteiger partial charge in [0.2, 0.25) is 5.91 Å². The van der Waals surface area contributed by atoms with Crippen molar-refractivity contribution in [1.82, 2.24) is 10.6 Å². The van der Waals surface area contributed by atoms with E-state index in [-0.39, 0.29) is 23.2 Å². The first-order chi connectivity index (χ1) is 13.6. The molecule has 1 aliphatic heterocycles. The van der Waals surface area contributed by atoms with Gasteiger partial charge in [0.1, 0.15) is 13.2 Å². The standard InChI is InChI=1S/C21H26N2O4S/c24-19(12-28-16-1-2-17-18(8-16)27-4-3-26-17)22-20(25)23-21-9-13-5-14(10-21)7-15(6-13)11-21/h1-2,8,13-15H,3-7,9-12H2,(H2,22,23,24,25). The van der Waals surface area contributed by atoms with E-state index in [0.29, 0.717) is 19.0 Å². The third kappa shape index (κ3) is 3.69. The van der Waals surface area contributed by atoms with Crippen molar-refractivity contribution in [2.45, 2.75) is 49.0 Å². The fourth-order valence-electron chi connectivity index (χ4n) is 5.96. The summed E-state index contributed by atoms with van der Waals surface area (Å²) in [6.45, 7) is 1.09. The number of urea groups is 1. The largest absolute Gasteiger partial charge is 0.486 e. The first-order valence-electron chi connectivity index (χ1n) is 10.2. The fraction of sp³-hybridized carbons (Fsp3) is 0.619. The third-order valence-electron chi connectivity index (χ3n) is 6.55. The van der Waals surface area contributed by atoms with Crippen molar-refractivity contribution in [2.24, 2.45) is 17.8 Å². The lowest BCUT2D eigenvalue weighted by atomic mass is 9.53. The Labute approximate surface area is 169 Å². The summed E-state index contributed by atoms with van der Waals surface area (Å²) < 4.78 is 11.1. The van der Waals surface area contributed by atoms with Crippen molar-refractivity contribution in [3.63, 3.8) is 0 Å². The molecule has 4 fully saturated rings. The minimum Gasteiger partial charge on any atom is -0.486 e. The minimum absolute atomic E-state index is 0.0813. The Morgan fingerprint density at radius 2 is 1.64 bits per heavy atom. The van der Waals surface area contributed by atoms with E-state index in [1.165, 1.54) is 31.0 Å². The number of amides is 3. The molecule has 4 bridgehead atoms. The van der Waals surface area contributed by atoms with Crippen LogP contribution in [0.1, 0.15) is 38.5 Å². The molecule has 5 aliphatic rings. The van der Waals surface area contributed by atoms with Crippen molar-refractivity contribution in [1.29, 1.82) is 0 Å². The summed E-state index contributed by atoms with van der Waals surface area (Å²) in [6, 6.07) is 5.30. The number of hydrogen-bond acceptors (Lipinski definition) is 5. The number of carbonyl (C=O) groups excluding carboxylic acids is 2. The molecular formula is C21H26N2O4S.